The number of phenols is 1. The number of thiazole rings is 1. The number of phenolic OH excluding ortho intramolecular Hbond substituents is 1. The number of nitrogens with zero attached hydrogens (tertiary/aromatic N) is 2. The molecule has 0 aliphatic carbocycles. The van der Waals surface area contributed by atoms with Gasteiger partial charge in [0.1, 0.15) is 5.75 Å². The highest BCUT2D eigenvalue weighted by atomic mass is 32.2. The van der Waals surface area contributed by atoms with E-state index in [2.05, 4.69) is 17.2 Å². The summed E-state index contributed by atoms with van der Waals surface area (Å²) < 4.78 is 0.685. The van der Waals surface area contributed by atoms with E-state index in [1.165, 1.54) is 11.3 Å². The Labute approximate surface area is 200 Å². The summed E-state index contributed by atoms with van der Waals surface area (Å²) in [5, 5.41) is 16.7. The Bertz CT molecular complexity index is 1260. The monoisotopic (exact) mass is 477 g/mol. The van der Waals surface area contributed by atoms with E-state index in [-0.39, 0.29) is 16.6 Å². The van der Waals surface area contributed by atoms with Crippen LogP contribution in [-0.2, 0) is 0 Å². The molecule has 1 heterocycles. The highest BCUT2D eigenvalue weighted by molar-refractivity contribution is 8.15. The smallest absolute Gasteiger partial charge is 0.293 e. The second-order valence-corrected chi connectivity index (χ2v) is 9.42. The SMILES string of the molecule is CCCCN(C(=O)Sc1nccs1)c1cccc2c(O)c(C(=O)Nc3ccccc3)ccc12. The molecule has 2 amide bonds. The Morgan fingerprint density at radius 3 is 2.61 bits per heavy atom. The maximum Gasteiger partial charge on any atom is 0.293 e. The number of aromatic nitrogens is 1. The van der Waals surface area contributed by atoms with Crippen molar-refractivity contribution in [2.75, 3.05) is 16.8 Å². The average Bonchev–Trinajstić information content (AvgIpc) is 3.33. The molecule has 0 aliphatic heterocycles. The standard InChI is InChI=1S/C25H23N3O3S2/c1-2-3-15-28(25(31)33-24-26-14-16-32-24)21-11-7-10-19-18(21)12-13-20(22(19)29)23(30)27-17-8-5-4-6-9-17/h4-14,16,29H,2-3,15H2,1H3,(H,27,30). The predicted molar refractivity (Wildman–Crippen MR) is 136 cm³/mol. The fourth-order valence-electron chi connectivity index (χ4n) is 3.48. The van der Waals surface area contributed by atoms with E-state index in [4.69, 9.17) is 0 Å². The van der Waals surface area contributed by atoms with Crippen LogP contribution < -0.4 is 10.2 Å². The van der Waals surface area contributed by atoms with E-state index in [0.717, 1.165) is 24.6 Å². The van der Waals surface area contributed by atoms with Gasteiger partial charge in [-0.05, 0) is 30.7 Å². The molecule has 0 unspecified atom stereocenters. The van der Waals surface area contributed by atoms with E-state index >= 15 is 0 Å². The molecule has 168 valence electrons. The Hall–Kier alpha value is -3.36. The number of nitrogens with one attached hydrogen (secondary N) is 1. The van der Waals surface area contributed by atoms with Crippen molar-refractivity contribution in [2.24, 2.45) is 0 Å². The first-order valence-electron chi connectivity index (χ1n) is 10.6. The van der Waals surface area contributed by atoms with E-state index < -0.39 is 5.91 Å². The van der Waals surface area contributed by atoms with Crippen LogP contribution in [0.1, 0.15) is 30.1 Å². The van der Waals surface area contributed by atoms with Gasteiger partial charge < -0.3 is 15.3 Å². The third kappa shape index (κ3) is 5.18. The molecule has 0 atom stereocenters. The number of hydrogen-bond acceptors (Lipinski definition) is 6. The normalized spacial score (nSPS) is 10.8. The summed E-state index contributed by atoms with van der Waals surface area (Å²) in [4.78, 5) is 31.9. The number of amides is 2. The summed E-state index contributed by atoms with van der Waals surface area (Å²) in [7, 11) is 0. The van der Waals surface area contributed by atoms with Crippen molar-refractivity contribution in [2.45, 2.75) is 24.1 Å². The topological polar surface area (TPSA) is 82.5 Å². The Morgan fingerprint density at radius 2 is 1.88 bits per heavy atom. The second kappa shape index (κ2) is 10.5. The lowest BCUT2D eigenvalue weighted by molar-refractivity contribution is 0.102. The lowest BCUT2D eigenvalue weighted by atomic mass is 10.0. The number of unbranched alkanes of at least 4 members (excludes halogenated alkanes) is 1. The van der Waals surface area contributed by atoms with Gasteiger partial charge in [0.25, 0.3) is 11.1 Å². The van der Waals surface area contributed by atoms with Gasteiger partial charge in [-0.1, -0.05) is 49.7 Å². The zero-order chi connectivity index (χ0) is 23.2. The van der Waals surface area contributed by atoms with Crippen LogP contribution in [0.5, 0.6) is 5.75 Å². The molecule has 0 fully saturated rings. The predicted octanol–water partition coefficient (Wildman–Crippen LogP) is 6.77. The van der Waals surface area contributed by atoms with E-state index in [1.54, 1.807) is 47.5 Å². The average molecular weight is 478 g/mol. The molecule has 0 radical (unpaired) electrons. The number of carbonyl (C=O) groups excluding carboxylic acids is 2. The number of para-hydroxylation sites is 1. The number of thioether (sulfide) groups is 1. The summed E-state index contributed by atoms with van der Waals surface area (Å²) in [6, 6.07) is 17.9. The van der Waals surface area contributed by atoms with Crippen molar-refractivity contribution < 1.29 is 14.7 Å². The molecule has 4 aromatic rings. The third-order valence-electron chi connectivity index (χ3n) is 5.12. The van der Waals surface area contributed by atoms with Gasteiger partial charge in [0, 0.05) is 46.3 Å². The van der Waals surface area contributed by atoms with Crippen molar-refractivity contribution in [3.05, 3.63) is 77.8 Å². The molecular weight excluding hydrogens is 454 g/mol. The van der Waals surface area contributed by atoms with Gasteiger partial charge in [-0.3, -0.25) is 9.59 Å². The van der Waals surface area contributed by atoms with Gasteiger partial charge in [-0.15, -0.1) is 11.3 Å². The third-order valence-corrected chi connectivity index (χ3v) is 6.90. The molecule has 8 heteroatoms. The Balaban J connectivity index is 1.69. The number of benzene rings is 3. The van der Waals surface area contributed by atoms with Gasteiger partial charge in [-0.2, -0.15) is 0 Å². The maximum atomic E-state index is 13.2. The molecule has 1 aromatic heterocycles. The lowest BCUT2D eigenvalue weighted by Crippen LogP contribution is -2.28. The molecule has 3 aromatic carbocycles. The van der Waals surface area contributed by atoms with Crippen LogP contribution in [-0.4, -0.2) is 27.8 Å². The fourth-order valence-corrected chi connectivity index (χ4v) is 4.98. The lowest BCUT2D eigenvalue weighted by Gasteiger charge is -2.24. The quantitative estimate of drug-likeness (QED) is 0.287. The molecule has 0 aliphatic rings. The minimum absolute atomic E-state index is 0.113. The fraction of sp³-hybridized carbons (Fsp3) is 0.160. The molecule has 4 rings (SSSR count). The Kier molecular flexibility index (Phi) is 7.26. The van der Waals surface area contributed by atoms with Crippen molar-refractivity contribution in [3.63, 3.8) is 0 Å². The van der Waals surface area contributed by atoms with Gasteiger partial charge >= 0.3 is 0 Å². The van der Waals surface area contributed by atoms with Gasteiger partial charge in [0.05, 0.1) is 11.3 Å². The largest absolute Gasteiger partial charge is 0.506 e. The summed E-state index contributed by atoms with van der Waals surface area (Å²) in [6.45, 7) is 2.62. The molecule has 0 saturated heterocycles. The van der Waals surface area contributed by atoms with Crippen molar-refractivity contribution in [3.8, 4) is 5.75 Å². The molecular formula is C25H23N3O3S2. The van der Waals surface area contributed by atoms with E-state index in [9.17, 15) is 14.7 Å². The van der Waals surface area contributed by atoms with Crippen LogP contribution in [0.3, 0.4) is 0 Å². The number of rotatable bonds is 7. The Morgan fingerprint density at radius 1 is 1.06 bits per heavy atom. The van der Waals surface area contributed by atoms with E-state index in [1.807, 2.05) is 29.6 Å². The van der Waals surface area contributed by atoms with Gasteiger partial charge in [0.15, 0.2) is 4.34 Å². The summed E-state index contributed by atoms with van der Waals surface area (Å²) >= 11 is 2.51. The first-order valence-corrected chi connectivity index (χ1v) is 12.3. The second-order valence-electron chi connectivity index (χ2n) is 7.33. The maximum absolute atomic E-state index is 13.2. The first kappa shape index (κ1) is 22.8. The van der Waals surface area contributed by atoms with Crippen LogP contribution in [0.15, 0.2) is 76.6 Å². The molecule has 6 nitrogen and oxygen atoms in total. The highest BCUT2D eigenvalue weighted by Crippen LogP contribution is 2.37. The molecule has 2 N–H and O–H groups in total. The van der Waals surface area contributed by atoms with Crippen molar-refractivity contribution in [1.29, 1.82) is 0 Å². The van der Waals surface area contributed by atoms with Crippen LogP contribution in [0.4, 0.5) is 16.2 Å². The summed E-state index contributed by atoms with van der Waals surface area (Å²) in [6.07, 6.45) is 3.45. The summed E-state index contributed by atoms with van der Waals surface area (Å²) in [5.74, 6) is -0.512. The molecule has 0 saturated carbocycles. The molecule has 33 heavy (non-hydrogen) atoms. The number of carbonyl (C=O) groups is 2. The number of hydrogen-bond donors (Lipinski definition) is 2. The van der Waals surface area contributed by atoms with Crippen LogP contribution in [0.25, 0.3) is 10.8 Å². The number of anilines is 2. The zero-order valence-electron chi connectivity index (χ0n) is 18.0. The minimum atomic E-state index is -0.399. The molecule has 0 bridgehead atoms. The zero-order valence-corrected chi connectivity index (χ0v) is 19.7. The van der Waals surface area contributed by atoms with Gasteiger partial charge in [0.2, 0.25) is 0 Å². The number of aromatic hydroxyl groups is 1. The van der Waals surface area contributed by atoms with Crippen LogP contribution in [0.2, 0.25) is 0 Å². The van der Waals surface area contributed by atoms with Crippen LogP contribution >= 0.6 is 23.1 Å². The summed E-state index contributed by atoms with van der Waals surface area (Å²) in [5.41, 5.74) is 1.51. The van der Waals surface area contributed by atoms with Crippen LogP contribution in [0, 0.1) is 0 Å². The number of fused-ring (bicyclic) bond motifs is 1. The minimum Gasteiger partial charge on any atom is -0.506 e. The molecule has 0 spiro atoms. The van der Waals surface area contributed by atoms with Crippen molar-refractivity contribution in [1.82, 2.24) is 4.98 Å². The highest BCUT2D eigenvalue weighted by Gasteiger charge is 2.22. The van der Waals surface area contributed by atoms with E-state index in [0.29, 0.717) is 33.0 Å². The van der Waals surface area contributed by atoms with Gasteiger partial charge in [-0.25, -0.2) is 4.98 Å². The van der Waals surface area contributed by atoms with Crippen molar-refractivity contribution >= 4 is 56.4 Å². The first-order chi connectivity index (χ1) is 16.1.